The van der Waals surface area contributed by atoms with E-state index in [0.717, 1.165) is 0 Å². The molecule has 3 N–H and O–H groups in total. The molecule has 0 aliphatic carbocycles. The standard InChI is InChI=1S/C5H10O4S.Na.H2O2.H/c1-2-3-9-4-5-10(6,7)8;;1-2;/h2H,1,3-5H2,(H,6,7,8);;1-2H;/q;+1;;-1. The van der Waals surface area contributed by atoms with Crippen LogP contribution in [0.5, 0.6) is 0 Å². The fourth-order valence-corrected chi connectivity index (χ4v) is 0.659. The molecule has 0 saturated carbocycles. The normalized spacial score (nSPS) is 9.15. The topological polar surface area (TPSA) is 104 Å². The van der Waals surface area contributed by atoms with E-state index in [0.29, 0.717) is 6.61 Å². The van der Waals surface area contributed by atoms with Crippen molar-refractivity contribution in [3.8, 4) is 0 Å². The Hall–Kier alpha value is 0.530. The minimum atomic E-state index is -3.86. The van der Waals surface area contributed by atoms with Gasteiger partial charge in [0.05, 0.1) is 19.0 Å². The van der Waals surface area contributed by atoms with Crippen LogP contribution in [0.25, 0.3) is 0 Å². The van der Waals surface area contributed by atoms with Gasteiger partial charge in [0.15, 0.2) is 0 Å². The summed E-state index contributed by atoms with van der Waals surface area (Å²) >= 11 is 0. The van der Waals surface area contributed by atoms with Gasteiger partial charge in [0.2, 0.25) is 0 Å². The molecule has 0 radical (unpaired) electrons. The maximum Gasteiger partial charge on any atom is 1.00 e. The second kappa shape index (κ2) is 12.5. The van der Waals surface area contributed by atoms with Crippen molar-refractivity contribution in [1.82, 2.24) is 0 Å². The van der Waals surface area contributed by atoms with Crippen LogP contribution in [-0.2, 0) is 14.9 Å². The molecular formula is C5H13NaO6S. The second-order valence-electron chi connectivity index (χ2n) is 1.65. The smallest absolute Gasteiger partial charge is 1.00 e. The molecule has 0 heterocycles. The van der Waals surface area contributed by atoms with E-state index in [1.165, 1.54) is 6.08 Å². The van der Waals surface area contributed by atoms with Crippen LogP contribution in [0, 0.1) is 0 Å². The minimum Gasteiger partial charge on any atom is -1.00 e. The van der Waals surface area contributed by atoms with E-state index in [1.807, 2.05) is 0 Å². The third-order valence-corrected chi connectivity index (χ3v) is 1.40. The van der Waals surface area contributed by atoms with Gasteiger partial charge in [0.25, 0.3) is 10.1 Å². The molecule has 8 heteroatoms. The van der Waals surface area contributed by atoms with Crippen LogP contribution in [-0.4, -0.2) is 42.5 Å². The fourth-order valence-electron chi connectivity index (χ4n) is 0.331. The van der Waals surface area contributed by atoms with Crippen LogP contribution < -0.4 is 29.6 Å². The summed E-state index contributed by atoms with van der Waals surface area (Å²) in [6.07, 6.45) is 1.50. The summed E-state index contributed by atoms with van der Waals surface area (Å²) in [5.41, 5.74) is 0. The molecule has 0 bridgehead atoms. The van der Waals surface area contributed by atoms with Crippen LogP contribution in [0.4, 0.5) is 0 Å². The molecule has 13 heavy (non-hydrogen) atoms. The van der Waals surface area contributed by atoms with E-state index < -0.39 is 10.1 Å². The molecule has 6 nitrogen and oxygen atoms in total. The summed E-state index contributed by atoms with van der Waals surface area (Å²) in [5, 5.41) is 12.0. The third kappa shape index (κ3) is 24.5. The first kappa shape index (κ1) is 19.2. The van der Waals surface area contributed by atoms with Crippen molar-refractivity contribution in [3.05, 3.63) is 12.7 Å². The van der Waals surface area contributed by atoms with Gasteiger partial charge in [-0.1, -0.05) is 6.08 Å². The van der Waals surface area contributed by atoms with Crippen molar-refractivity contribution in [3.63, 3.8) is 0 Å². The Morgan fingerprint density at radius 3 is 2.23 bits per heavy atom. The van der Waals surface area contributed by atoms with Crippen molar-refractivity contribution in [1.29, 1.82) is 0 Å². The molecular weight excluding hydrogens is 211 g/mol. The largest absolute Gasteiger partial charge is 1.00 e. The van der Waals surface area contributed by atoms with E-state index in [2.05, 4.69) is 6.58 Å². The minimum absolute atomic E-state index is 0. The Balaban J connectivity index is -0.000000117. The van der Waals surface area contributed by atoms with Gasteiger partial charge >= 0.3 is 29.6 Å². The Morgan fingerprint density at radius 2 is 1.92 bits per heavy atom. The van der Waals surface area contributed by atoms with Crippen molar-refractivity contribution < 1.29 is 59.2 Å². The Kier molecular flexibility index (Phi) is 18.5. The molecule has 0 aromatic carbocycles. The van der Waals surface area contributed by atoms with Crippen molar-refractivity contribution >= 4 is 10.1 Å². The summed E-state index contributed by atoms with van der Waals surface area (Å²) in [7, 11) is -3.86. The van der Waals surface area contributed by atoms with Gasteiger partial charge in [-0.2, -0.15) is 8.42 Å². The zero-order valence-corrected chi connectivity index (χ0v) is 10.2. The van der Waals surface area contributed by atoms with Crippen LogP contribution in [0.1, 0.15) is 1.43 Å². The predicted molar refractivity (Wildman–Crippen MR) is 43.8 cm³/mol. The van der Waals surface area contributed by atoms with Gasteiger partial charge in [-0.25, -0.2) is 0 Å². The second-order valence-corrected chi connectivity index (χ2v) is 3.22. The average molecular weight is 224 g/mol. The summed E-state index contributed by atoms with van der Waals surface area (Å²) in [6.45, 7) is 3.66. The van der Waals surface area contributed by atoms with E-state index in [1.54, 1.807) is 0 Å². The molecule has 0 aliphatic heterocycles. The summed E-state index contributed by atoms with van der Waals surface area (Å²) in [5.74, 6) is -0.360. The predicted octanol–water partition coefficient (Wildman–Crippen LogP) is -2.79. The first-order valence-corrected chi connectivity index (χ1v) is 4.51. The molecule has 0 spiro atoms. The molecule has 0 aromatic heterocycles. The van der Waals surface area contributed by atoms with Crippen LogP contribution in [0.2, 0.25) is 0 Å². The first-order chi connectivity index (χ1) is 5.56. The Labute approximate surface area is 101 Å². The quantitative estimate of drug-likeness (QED) is 0.116. The molecule has 0 aromatic rings. The number of rotatable bonds is 5. The number of hydrogen-bond donors (Lipinski definition) is 3. The van der Waals surface area contributed by atoms with Crippen LogP contribution >= 0.6 is 0 Å². The molecule has 0 fully saturated rings. The Morgan fingerprint density at radius 1 is 1.46 bits per heavy atom. The van der Waals surface area contributed by atoms with E-state index >= 15 is 0 Å². The maximum atomic E-state index is 10.0. The van der Waals surface area contributed by atoms with E-state index in [4.69, 9.17) is 19.8 Å². The summed E-state index contributed by atoms with van der Waals surface area (Å²) in [6, 6.07) is 0. The molecule has 0 rings (SSSR count). The van der Waals surface area contributed by atoms with Gasteiger partial charge < -0.3 is 6.16 Å². The van der Waals surface area contributed by atoms with Crippen LogP contribution in [0.15, 0.2) is 12.7 Å². The molecule has 0 atom stereocenters. The first-order valence-electron chi connectivity index (χ1n) is 2.90. The van der Waals surface area contributed by atoms with Crippen LogP contribution in [0.3, 0.4) is 0 Å². The molecule has 0 unspecified atom stereocenters. The van der Waals surface area contributed by atoms with Crippen molar-refractivity contribution in [2.75, 3.05) is 19.0 Å². The molecule has 0 aliphatic rings. The van der Waals surface area contributed by atoms with E-state index in [-0.39, 0.29) is 43.3 Å². The summed E-state index contributed by atoms with van der Waals surface area (Å²) in [4.78, 5) is 0. The SMILES string of the molecule is C=CCOCCS(=O)(=O)O.OO.[H-].[Na+]. The monoisotopic (exact) mass is 224 g/mol. The molecule has 0 amide bonds. The van der Waals surface area contributed by atoms with Gasteiger partial charge in [-0.05, 0) is 0 Å². The Bertz CT molecular complexity index is 194. The number of hydrogen-bond acceptors (Lipinski definition) is 5. The fraction of sp³-hybridized carbons (Fsp3) is 0.600. The zero-order chi connectivity index (χ0) is 10.0. The van der Waals surface area contributed by atoms with Gasteiger partial charge in [0, 0.05) is 0 Å². The van der Waals surface area contributed by atoms with Crippen molar-refractivity contribution in [2.45, 2.75) is 0 Å². The zero-order valence-electron chi connectivity index (χ0n) is 8.38. The maximum absolute atomic E-state index is 10.0. The van der Waals surface area contributed by atoms with Gasteiger partial charge in [-0.3, -0.25) is 15.1 Å². The van der Waals surface area contributed by atoms with Crippen molar-refractivity contribution in [2.24, 2.45) is 0 Å². The third-order valence-electron chi connectivity index (χ3n) is 0.721. The summed E-state index contributed by atoms with van der Waals surface area (Å²) < 4.78 is 33.0. The average Bonchev–Trinajstić information content (AvgIpc) is 2.01. The molecule has 76 valence electrons. The molecule has 0 saturated heterocycles. The number of ether oxygens (including phenoxy) is 1. The van der Waals surface area contributed by atoms with Gasteiger partial charge in [-0.15, -0.1) is 6.58 Å². The van der Waals surface area contributed by atoms with E-state index in [9.17, 15) is 8.42 Å². The van der Waals surface area contributed by atoms with Gasteiger partial charge in [0.1, 0.15) is 0 Å².